The van der Waals surface area contributed by atoms with E-state index in [4.69, 9.17) is 4.74 Å². The molecule has 1 amide bonds. The van der Waals surface area contributed by atoms with Gasteiger partial charge in [0.2, 0.25) is 5.91 Å². The van der Waals surface area contributed by atoms with Gasteiger partial charge in [0.1, 0.15) is 5.75 Å². The predicted octanol–water partition coefficient (Wildman–Crippen LogP) is 3.72. The molecule has 5 heteroatoms. The van der Waals surface area contributed by atoms with Crippen LogP contribution in [-0.2, 0) is 11.3 Å². The molecule has 0 aliphatic heterocycles. The number of benzene rings is 1. The summed E-state index contributed by atoms with van der Waals surface area (Å²) in [6.45, 7) is 4.83. The summed E-state index contributed by atoms with van der Waals surface area (Å²) in [7, 11) is 0. The Kier molecular flexibility index (Phi) is 5.01. The Hall–Kier alpha value is -2.01. The number of ether oxygens (including phenoxy) is 1. The van der Waals surface area contributed by atoms with E-state index >= 15 is 0 Å². The first kappa shape index (κ1) is 14.4. The van der Waals surface area contributed by atoms with E-state index in [1.165, 1.54) is 6.92 Å². The molecule has 2 aromatic rings. The quantitative estimate of drug-likeness (QED) is 0.852. The Bertz CT molecular complexity index is 564. The lowest BCUT2D eigenvalue weighted by Crippen LogP contribution is -2.08. The maximum Gasteiger partial charge on any atom is 0.221 e. The van der Waals surface area contributed by atoms with Crippen molar-refractivity contribution in [1.29, 1.82) is 0 Å². The molecule has 106 valence electrons. The van der Waals surface area contributed by atoms with Gasteiger partial charge < -0.3 is 15.4 Å². The summed E-state index contributed by atoms with van der Waals surface area (Å²) in [6, 6.07) is 9.76. The third-order valence-electron chi connectivity index (χ3n) is 2.67. The second-order valence-electron chi connectivity index (χ2n) is 4.25. The van der Waals surface area contributed by atoms with Gasteiger partial charge in [0.15, 0.2) is 0 Å². The van der Waals surface area contributed by atoms with Gasteiger partial charge in [-0.05, 0) is 42.6 Å². The van der Waals surface area contributed by atoms with Crippen LogP contribution in [0.3, 0.4) is 0 Å². The Morgan fingerprint density at radius 1 is 1.25 bits per heavy atom. The minimum atomic E-state index is -0.0503. The molecule has 1 aromatic heterocycles. The molecule has 0 unspecified atom stereocenters. The van der Waals surface area contributed by atoms with Crippen molar-refractivity contribution in [2.75, 3.05) is 17.2 Å². The number of hydrogen-bond donors (Lipinski definition) is 2. The van der Waals surface area contributed by atoms with E-state index in [2.05, 4.69) is 10.6 Å². The first-order chi connectivity index (χ1) is 9.69. The number of carbonyl (C=O) groups excluding carboxylic acids is 1. The molecule has 0 aliphatic carbocycles. The van der Waals surface area contributed by atoms with Gasteiger partial charge in [-0.3, -0.25) is 4.79 Å². The molecular weight excluding hydrogens is 272 g/mol. The van der Waals surface area contributed by atoms with Crippen LogP contribution in [0.2, 0.25) is 0 Å². The summed E-state index contributed by atoms with van der Waals surface area (Å²) in [6.07, 6.45) is 0. The molecule has 0 spiro atoms. The average molecular weight is 290 g/mol. The Balaban J connectivity index is 1.94. The molecule has 20 heavy (non-hydrogen) atoms. The highest BCUT2D eigenvalue weighted by atomic mass is 32.1. The average Bonchev–Trinajstić information content (AvgIpc) is 2.85. The zero-order valence-corrected chi connectivity index (χ0v) is 12.4. The van der Waals surface area contributed by atoms with Gasteiger partial charge in [-0.25, -0.2) is 0 Å². The lowest BCUT2D eigenvalue weighted by Gasteiger charge is -2.09. The van der Waals surface area contributed by atoms with Gasteiger partial charge in [0.05, 0.1) is 18.8 Å². The summed E-state index contributed by atoms with van der Waals surface area (Å²) in [5.41, 5.74) is 1.90. The summed E-state index contributed by atoms with van der Waals surface area (Å²) >= 11 is 1.62. The Morgan fingerprint density at radius 3 is 2.65 bits per heavy atom. The molecule has 1 aromatic carbocycles. The monoisotopic (exact) mass is 290 g/mol. The predicted molar refractivity (Wildman–Crippen MR) is 83.6 cm³/mol. The maximum atomic E-state index is 11.1. The summed E-state index contributed by atoms with van der Waals surface area (Å²) in [4.78, 5) is 12.2. The van der Waals surface area contributed by atoms with E-state index in [-0.39, 0.29) is 5.91 Å². The van der Waals surface area contributed by atoms with Crippen molar-refractivity contribution in [3.8, 4) is 5.75 Å². The van der Waals surface area contributed by atoms with Gasteiger partial charge in [0, 0.05) is 17.5 Å². The van der Waals surface area contributed by atoms with Crippen molar-refractivity contribution in [3.63, 3.8) is 0 Å². The van der Waals surface area contributed by atoms with E-state index in [0.717, 1.165) is 22.0 Å². The highest BCUT2D eigenvalue weighted by Crippen LogP contribution is 2.24. The molecule has 1 heterocycles. The second-order valence-corrected chi connectivity index (χ2v) is 5.25. The van der Waals surface area contributed by atoms with Crippen molar-refractivity contribution < 1.29 is 9.53 Å². The third-order valence-corrected chi connectivity index (χ3v) is 3.60. The van der Waals surface area contributed by atoms with Gasteiger partial charge in [-0.15, -0.1) is 11.3 Å². The highest BCUT2D eigenvalue weighted by Gasteiger charge is 2.05. The largest absolute Gasteiger partial charge is 0.494 e. The van der Waals surface area contributed by atoms with E-state index in [9.17, 15) is 4.79 Å². The highest BCUT2D eigenvalue weighted by molar-refractivity contribution is 7.10. The normalized spacial score (nSPS) is 10.1. The van der Waals surface area contributed by atoms with Crippen LogP contribution in [0.15, 0.2) is 35.7 Å². The third kappa shape index (κ3) is 3.99. The molecule has 0 fully saturated rings. The maximum absolute atomic E-state index is 11.1. The van der Waals surface area contributed by atoms with Crippen molar-refractivity contribution in [3.05, 3.63) is 40.6 Å². The van der Waals surface area contributed by atoms with Crippen molar-refractivity contribution >= 4 is 28.6 Å². The lowest BCUT2D eigenvalue weighted by molar-refractivity contribution is -0.114. The fraction of sp³-hybridized carbons (Fsp3) is 0.267. The van der Waals surface area contributed by atoms with E-state index in [0.29, 0.717) is 13.2 Å². The minimum Gasteiger partial charge on any atom is -0.494 e. The smallest absolute Gasteiger partial charge is 0.221 e. The number of carbonyl (C=O) groups is 1. The van der Waals surface area contributed by atoms with Crippen molar-refractivity contribution in [2.24, 2.45) is 0 Å². The second kappa shape index (κ2) is 6.96. The molecule has 2 N–H and O–H groups in total. The van der Waals surface area contributed by atoms with Crippen LogP contribution in [0.1, 0.15) is 18.7 Å². The Labute approximate surface area is 122 Å². The van der Waals surface area contributed by atoms with Crippen LogP contribution in [0.4, 0.5) is 11.4 Å². The molecule has 0 atom stereocenters. The van der Waals surface area contributed by atoms with Gasteiger partial charge in [0.25, 0.3) is 0 Å². The number of amides is 1. The van der Waals surface area contributed by atoms with Crippen molar-refractivity contribution in [2.45, 2.75) is 20.4 Å². The number of nitrogens with one attached hydrogen (secondary N) is 2. The standard InChI is InChI=1S/C15H18N2O2S/c1-3-19-13-6-4-12(5-7-13)16-10-15-14(8-9-20-15)17-11(2)18/h4-9,16H,3,10H2,1-2H3,(H,17,18). The fourth-order valence-corrected chi connectivity index (χ4v) is 2.57. The van der Waals surface area contributed by atoms with Crippen LogP contribution < -0.4 is 15.4 Å². The molecule has 4 nitrogen and oxygen atoms in total. The number of anilines is 2. The van der Waals surface area contributed by atoms with Crippen LogP contribution in [0.5, 0.6) is 5.75 Å². The van der Waals surface area contributed by atoms with E-state index in [1.807, 2.05) is 42.6 Å². The summed E-state index contributed by atoms with van der Waals surface area (Å²) in [5, 5.41) is 8.13. The van der Waals surface area contributed by atoms with Crippen LogP contribution >= 0.6 is 11.3 Å². The zero-order valence-electron chi connectivity index (χ0n) is 11.6. The van der Waals surface area contributed by atoms with E-state index < -0.39 is 0 Å². The molecular formula is C15H18N2O2S. The minimum absolute atomic E-state index is 0.0503. The first-order valence-electron chi connectivity index (χ1n) is 6.49. The number of hydrogen-bond acceptors (Lipinski definition) is 4. The van der Waals surface area contributed by atoms with Gasteiger partial charge in [-0.1, -0.05) is 0 Å². The van der Waals surface area contributed by atoms with E-state index in [1.54, 1.807) is 11.3 Å². The first-order valence-corrected chi connectivity index (χ1v) is 7.37. The van der Waals surface area contributed by atoms with Crippen molar-refractivity contribution in [1.82, 2.24) is 0 Å². The molecule has 0 radical (unpaired) electrons. The summed E-state index contributed by atoms with van der Waals surface area (Å²) < 4.78 is 5.40. The zero-order chi connectivity index (χ0) is 14.4. The number of rotatable bonds is 6. The lowest BCUT2D eigenvalue weighted by atomic mass is 10.3. The van der Waals surface area contributed by atoms with Gasteiger partial charge in [-0.2, -0.15) is 0 Å². The number of thiophene rings is 1. The SMILES string of the molecule is CCOc1ccc(NCc2sccc2NC(C)=O)cc1. The summed E-state index contributed by atoms with van der Waals surface area (Å²) in [5.74, 6) is 0.818. The van der Waals surface area contributed by atoms with Crippen LogP contribution in [0, 0.1) is 0 Å². The topological polar surface area (TPSA) is 50.4 Å². The van der Waals surface area contributed by atoms with Crippen LogP contribution in [0.25, 0.3) is 0 Å². The molecule has 0 saturated carbocycles. The molecule has 0 saturated heterocycles. The van der Waals surface area contributed by atoms with Crippen LogP contribution in [-0.4, -0.2) is 12.5 Å². The molecule has 0 aliphatic rings. The molecule has 0 bridgehead atoms. The fourth-order valence-electron chi connectivity index (χ4n) is 1.80. The van der Waals surface area contributed by atoms with Gasteiger partial charge >= 0.3 is 0 Å². The Morgan fingerprint density at radius 2 is 2.00 bits per heavy atom. The molecule has 2 rings (SSSR count).